The molecule has 0 fully saturated rings. The van der Waals surface area contributed by atoms with Crippen LogP contribution in [0.1, 0.15) is 19.2 Å². The van der Waals surface area contributed by atoms with Gasteiger partial charge in [0.05, 0.1) is 4.88 Å². The first-order valence-corrected chi connectivity index (χ1v) is 8.29. The van der Waals surface area contributed by atoms with Gasteiger partial charge in [0.15, 0.2) is 0 Å². The summed E-state index contributed by atoms with van der Waals surface area (Å²) in [4.78, 5) is 16.9. The molecule has 0 spiro atoms. The Morgan fingerprint density at radius 3 is 3.10 bits per heavy atom. The van der Waals surface area contributed by atoms with Gasteiger partial charge in [-0.25, -0.2) is 0 Å². The summed E-state index contributed by atoms with van der Waals surface area (Å²) in [6.45, 7) is 3.14. The lowest BCUT2D eigenvalue weighted by molar-refractivity contribution is -0.121. The van der Waals surface area contributed by atoms with Crippen LogP contribution < -0.4 is 11.1 Å². The van der Waals surface area contributed by atoms with Crippen molar-refractivity contribution in [1.82, 2.24) is 15.5 Å². The number of nitrogens with one attached hydrogen (secondary N) is 1. The van der Waals surface area contributed by atoms with E-state index in [1.807, 2.05) is 18.4 Å². The molecule has 2 heterocycles. The number of nitrogens with zero attached hydrogens (tertiary/aromatic N) is 2. The Balaban J connectivity index is 1.81. The van der Waals surface area contributed by atoms with E-state index in [9.17, 15) is 4.79 Å². The summed E-state index contributed by atoms with van der Waals surface area (Å²) >= 11 is 4.91. The molecule has 3 N–H and O–H groups in total. The molecular formula is C13H17BrN4O2S. The van der Waals surface area contributed by atoms with Gasteiger partial charge in [0.1, 0.15) is 0 Å². The van der Waals surface area contributed by atoms with Crippen molar-refractivity contribution in [2.75, 3.05) is 13.1 Å². The minimum absolute atomic E-state index is 0.0334. The molecular weight excluding hydrogens is 356 g/mol. The summed E-state index contributed by atoms with van der Waals surface area (Å²) in [7, 11) is 0. The maximum Gasteiger partial charge on any atom is 0.227 e. The van der Waals surface area contributed by atoms with Crippen molar-refractivity contribution < 1.29 is 9.32 Å². The highest BCUT2D eigenvalue weighted by molar-refractivity contribution is 9.10. The van der Waals surface area contributed by atoms with E-state index in [1.54, 1.807) is 0 Å². The van der Waals surface area contributed by atoms with Crippen LogP contribution in [0.3, 0.4) is 0 Å². The first-order valence-electron chi connectivity index (χ1n) is 6.62. The molecule has 0 saturated heterocycles. The maximum absolute atomic E-state index is 11.7. The fourth-order valence-electron chi connectivity index (χ4n) is 1.57. The highest BCUT2D eigenvalue weighted by Gasteiger charge is 2.12. The van der Waals surface area contributed by atoms with Crippen LogP contribution in [0.4, 0.5) is 0 Å². The minimum atomic E-state index is -0.0334. The lowest BCUT2D eigenvalue weighted by atomic mass is 10.2. The summed E-state index contributed by atoms with van der Waals surface area (Å²) in [5.41, 5.74) is 5.50. The van der Waals surface area contributed by atoms with Gasteiger partial charge in [-0.1, -0.05) is 12.1 Å². The highest BCUT2D eigenvalue weighted by Crippen LogP contribution is 2.27. The van der Waals surface area contributed by atoms with Gasteiger partial charge in [0.25, 0.3) is 0 Å². The molecule has 8 heteroatoms. The van der Waals surface area contributed by atoms with E-state index < -0.39 is 0 Å². The number of halogens is 1. The highest BCUT2D eigenvalue weighted by atomic mass is 79.9. The Morgan fingerprint density at radius 2 is 2.43 bits per heavy atom. The molecule has 2 aromatic rings. The average molecular weight is 373 g/mol. The van der Waals surface area contributed by atoms with E-state index in [0.29, 0.717) is 37.6 Å². The third-order valence-corrected chi connectivity index (χ3v) is 4.56. The van der Waals surface area contributed by atoms with Crippen molar-refractivity contribution in [3.8, 4) is 10.7 Å². The first kappa shape index (κ1) is 16.1. The monoisotopic (exact) mass is 372 g/mol. The second-order valence-corrected chi connectivity index (χ2v) is 6.61. The number of carbonyl (C=O) groups is 1. The van der Waals surface area contributed by atoms with Gasteiger partial charge < -0.3 is 15.6 Å². The number of hydrogen-bond donors (Lipinski definition) is 2. The lowest BCUT2D eigenvalue weighted by Crippen LogP contribution is -2.31. The van der Waals surface area contributed by atoms with Crippen LogP contribution in [0.15, 0.2) is 20.4 Å². The SMILES string of the molecule is CC(CN)CNC(=O)CCc1nc(-c2cc(Br)cs2)no1. The molecule has 0 radical (unpaired) electrons. The van der Waals surface area contributed by atoms with Gasteiger partial charge in [-0.3, -0.25) is 4.79 Å². The van der Waals surface area contributed by atoms with Gasteiger partial charge >= 0.3 is 0 Å². The third-order valence-electron chi connectivity index (χ3n) is 2.87. The van der Waals surface area contributed by atoms with Crippen LogP contribution in [0.5, 0.6) is 0 Å². The molecule has 0 aromatic carbocycles. The molecule has 6 nitrogen and oxygen atoms in total. The number of aromatic nitrogens is 2. The molecule has 2 rings (SSSR count). The van der Waals surface area contributed by atoms with E-state index in [0.717, 1.165) is 9.35 Å². The summed E-state index contributed by atoms with van der Waals surface area (Å²) < 4.78 is 6.14. The van der Waals surface area contributed by atoms with Crippen LogP contribution in [-0.2, 0) is 11.2 Å². The number of thiophene rings is 1. The molecule has 21 heavy (non-hydrogen) atoms. The summed E-state index contributed by atoms with van der Waals surface area (Å²) in [5.74, 6) is 1.27. The smallest absolute Gasteiger partial charge is 0.227 e. The Hall–Kier alpha value is -1.25. The van der Waals surface area contributed by atoms with E-state index in [2.05, 4.69) is 31.4 Å². The number of amides is 1. The first-order chi connectivity index (χ1) is 10.1. The lowest BCUT2D eigenvalue weighted by Gasteiger charge is -2.09. The van der Waals surface area contributed by atoms with Crippen LogP contribution in [0.2, 0.25) is 0 Å². The van der Waals surface area contributed by atoms with E-state index in [-0.39, 0.29) is 11.8 Å². The van der Waals surface area contributed by atoms with Gasteiger partial charge in [-0.2, -0.15) is 4.98 Å². The van der Waals surface area contributed by atoms with Gasteiger partial charge in [0.2, 0.25) is 17.6 Å². The van der Waals surface area contributed by atoms with Crippen LogP contribution in [-0.4, -0.2) is 29.1 Å². The molecule has 0 aliphatic heterocycles. The van der Waals surface area contributed by atoms with E-state index in [4.69, 9.17) is 10.3 Å². The zero-order chi connectivity index (χ0) is 15.2. The Labute approximate surface area is 135 Å². The molecule has 0 bridgehead atoms. The molecule has 114 valence electrons. The van der Waals surface area contributed by atoms with Crippen molar-refractivity contribution in [3.63, 3.8) is 0 Å². The van der Waals surface area contributed by atoms with Gasteiger partial charge in [-0.15, -0.1) is 11.3 Å². The molecule has 2 aromatic heterocycles. The molecule has 1 atom stereocenters. The molecule has 1 unspecified atom stereocenters. The number of aryl methyl sites for hydroxylation is 1. The fraction of sp³-hybridized carbons (Fsp3) is 0.462. The summed E-state index contributed by atoms with van der Waals surface area (Å²) in [6.07, 6.45) is 0.759. The average Bonchev–Trinajstić information content (AvgIpc) is 3.11. The number of hydrogen-bond acceptors (Lipinski definition) is 6. The van der Waals surface area contributed by atoms with Crippen LogP contribution in [0.25, 0.3) is 10.7 Å². The van der Waals surface area contributed by atoms with Crippen LogP contribution in [0, 0.1) is 5.92 Å². The zero-order valence-electron chi connectivity index (χ0n) is 11.6. The largest absolute Gasteiger partial charge is 0.356 e. The van der Waals surface area contributed by atoms with Gasteiger partial charge in [0, 0.05) is 29.2 Å². The predicted octanol–water partition coefficient (Wildman–Crippen LogP) is 2.20. The van der Waals surface area contributed by atoms with E-state index >= 15 is 0 Å². The number of nitrogens with two attached hydrogens (primary N) is 1. The van der Waals surface area contributed by atoms with Gasteiger partial charge in [-0.05, 0) is 34.5 Å². The normalized spacial score (nSPS) is 12.3. The topological polar surface area (TPSA) is 94.0 Å². The maximum atomic E-state index is 11.7. The summed E-state index contributed by atoms with van der Waals surface area (Å²) in [6, 6.07) is 1.93. The Morgan fingerprint density at radius 1 is 1.62 bits per heavy atom. The quantitative estimate of drug-likeness (QED) is 0.776. The van der Waals surface area contributed by atoms with Crippen molar-refractivity contribution >= 4 is 33.2 Å². The van der Waals surface area contributed by atoms with Crippen LogP contribution >= 0.6 is 27.3 Å². The number of rotatable bonds is 7. The fourth-order valence-corrected chi connectivity index (χ4v) is 2.92. The zero-order valence-corrected chi connectivity index (χ0v) is 14.0. The number of carbonyl (C=O) groups excluding carboxylic acids is 1. The molecule has 0 aliphatic rings. The van der Waals surface area contributed by atoms with Crippen molar-refractivity contribution in [2.45, 2.75) is 19.8 Å². The van der Waals surface area contributed by atoms with E-state index in [1.165, 1.54) is 11.3 Å². The van der Waals surface area contributed by atoms with Crippen molar-refractivity contribution in [3.05, 3.63) is 21.8 Å². The van der Waals surface area contributed by atoms with Crippen molar-refractivity contribution in [1.29, 1.82) is 0 Å². The van der Waals surface area contributed by atoms with Crippen molar-refractivity contribution in [2.24, 2.45) is 11.7 Å². The predicted molar refractivity (Wildman–Crippen MR) is 84.9 cm³/mol. The minimum Gasteiger partial charge on any atom is -0.356 e. The standard InChI is InChI=1S/C13H17BrN4O2S/c1-8(5-15)6-16-11(19)2-3-12-17-13(18-20-12)10-4-9(14)7-21-10/h4,7-8H,2-3,5-6,15H2,1H3,(H,16,19). The third kappa shape index (κ3) is 4.90. The summed E-state index contributed by atoms with van der Waals surface area (Å²) in [5, 5.41) is 8.71. The molecule has 0 aliphatic carbocycles. The second kappa shape index (κ2) is 7.67. The molecule has 1 amide bonds. The second-order valence-electron chi connectivity index (χ2n) is 4.79. The Kier molecular flexibility index (Phi) is 5.89. The molecule has 0 saturated carbocycles. The Bertz CT molecular complexity index is 599.